The van der Waals surface area contributed by atoms with Crippen molar-refractivity contribution in [2.24, 2.45) is 56.7 Å². The molecule has 19 atom stereocenters. The Morgan fingerprint density at radius 3 is 2.20 bits per heavy atom. The fourth-order valence-corrected chi connectivity index (χ4v) is 14.4. The maximum atomic E-state index is 14.6. The molecule has 0 amide bonds. The number of esters is 1. The summed E-state index contributed by atoms with van der Waals surface area (Å²) >= 11 is 0. The molecule has 6 fully saturated rings. The van der Waals surface area contributed by atoms with E-state index in [1.165, 1.54) is 0 Å². The topological polar surface area (TPSA) is 276 Å². The van der Waals surface area contributed by atoms with Crippen LogP contribution in [0, 0.1) is 56.7 Å². The molecule has 0 spiro atoms. The average molecular weight is 861 g/mol. The Morgan fingerprint density at radius 1 is 0.864 bits per heavy atom. The number of carboxylic acid groups (broad SMARTS) is 1. The number of carbonyl (C=O) groups excluding carboxylic acids is 1. The number of aliphatic hydroxyl groups is 6. The first kappa shape index (κ1) is 45.2. The average Bonchev–Trinajstić information content (AvgIpc) is 3.16. The van der Waals surface area contributed by atoms with Crippen LogP contribution in [0.2, 0.25) is 0 Å². The summed E-state index contributed by atoms with van der Waals surface area (Å²) in [6.45, 7) is 11.6. The summed E-state index contributed by atoms with van der Waals surface area (Å²) in [6, 6.07) is 0. The van der Waals surface area contributed by atoms with Gasteiger partial charge in [0.2, 0.25) is 6.29 Å². The predicted molar refractivity (Wildman–Crippen MR) is 204 cm³/mol. The van der Waals surface area contributed by atoms with Crippen LogP contribution in [0.1, 0.15) is 99.3 Å². The molecule has 0 bridgehead atoms. The Hall–Kier alpha value is -1.81. The van der Waals surface area contributed by atoms with E-state index in [4.69, 9.17) is 23.1 Å². The zero-order valence-electron chi connectivity index (χ0n) is 34.7. The number of hydrogen-bond acceptors (Lipinski definition) is 15. The Morgan fingerprint density at radius 2 is 1.56 bits per heavy atom. The zero-order chi connectivity index (χ0) is 43.4. The van der Waals surface area contributed by atoms with Crippen LogP contribution in [-0.4, -0.2) is 135 Å². The SMILES string of the molecule is CC1CCC2(C(=O)OC3OC(CO)C(O)C(O)C3O)CCC3(C(=O)O)C(=CCC4C5(C)CCC(OC6OCC(O)C(O)C6OS(=O)(=O)O)C(C)(C)C5CCC43C)C2C1C. The molecule has 0 radical (unpaired) electrons. The molecule has 2 aliphatic heterocycles. The third kappa shape index (κ3) is 6.85. The van der Waals surface area contributed by atoms with Crippen molar-refractivity contribution in [2.45, 2.75) is 161 Å². The fraction of sp³-hybridized carbons (Fsp3) is 0.902. The van der Waals surface area contributed by atoms with E-state index in [0.29, 0.717) is 44.9 Å². The van der Waals surface area contributed by atoms with Gasteiger partial charge in [0.15, 0.2) is 12.4 Å². The van der Waals surface area contributed by atoms with Gasteiger partial charge < -0.3 is 54.7 Å². The lowest BCUT2D eigenvalue weighted by atomic mass is 9.33. The summed E-state index contributed by atoms with van der Waals surface area (Å²) in [4.78, 5) is 28.8. The number of carboxylic acids is 1. The maximum absolute atomic E-state index is 14.6. The van der Waals surface area contributed by atoms with E-state index in [-0.39, 0.29) is 43.1 Å². The van der Waals surface area contributed by atoms with E-state index in [9.17, 15) is 58.3 Å². The summed E-state index contributed by atoms with van der Waals surface area (Å²) in [5, 5.41) is 73.8. The van der Waals surface area contributed by atoms with Gasteiger partial charge in [-0.2, -0.15) is 8.42 Å². The Bertz CT molecular complexity index is 1770. The normalized spacial score (nSPS) is 50.9. The summed E-state index contributed by atoms with van der Waals surface area (Å²) in [7, 11) is -5.04. The summed E-state index contributed by atoms with van der Waals surface area (Å²) in [5.74, 6) is -2.19. The van der Waals surface area contributed by atoms with Crippen molar-refractivity contribution in [3.8, 4) is 0 Å². The Kier molecular flexibility index (Phi) is 11.9. The van der Waals surface area contributed by atoms with Crippen molar-refractivity contribution < 1.29 is 81.4 Å². The fourth-order valence-electron chi connectivity index (χ4n) is 13.9. The monoisotopic (exact) mass is 860 g/mol. The molecule has 19 unspecified atom stereocenters. The van der Waals surface area contributed by atoms with Crippen molar-refractivity contribution in [1.82, 2.24) is 0 Å². The molecule has 4 saturated carbocycles. The Labute approximate surface area is 345 Å². The maximum Gasteiger partial charge on any atom is 0.397 e. The molecule has 336 valence electrons. The quantitative estimate of drug-likeness (QED) is 0.0747. The lowest BCUT2D eigenvalue weighted by Gasteiger charge is -2.70. The summed E-state index contributed by atoms with van der Waals surface area (Å²) < 4.78 is 61.1. The van der Waals surface area contributed by atoms with E-state index in [1.807, 2.05) is 0 Å². The second-order valence-electron chi connectivity index (χ2n) is 20.0. The zero-order valence-corrected chi connectivity index (χ0v) is 35.5. The van der Waals surface area contributed by atoms with Crippen molar-refractivity contribution in [2.75, 3.05) is 13.2 Å². The number of allylic oxidation sites excluding steroid dienone is 1. The smallest absolute Gasteiger partial charge is 0.397 e. The number of ether oxygens (including phenoxy) is 4. The van der Waals surface area contributed by atoms with E-state index in [1.54, 1.807) is 0 Å². The third-order valence-electron chi connectivity index (χ3n) is 17.2. The van der Waals surface area contributed by atoms with E-state index < -0.39 is 123 Å². The molecular formula is C41H64O17S. The highest BCUT2D eigenvalue weighted by Gasteiger charge is 2.74. The molecule has 7 aliphatic rings. The first-order chi connectivity index (χ1) is 27.4. The van der Waals surface area contributed by atoms with Gasteiger partial charge in [0.05, 0.1) is 30.1 Å². The minimum Gasteiger partial charge on any atom is -0.481 e. The van der Waals surface area contributed by atoms with Crippen LogP contribution in [0.5, 0.6) is 0 Å². The van der Waals surface area contributed by atoms with Gasteiger partial charge >= 0.3 is 22.3 Å². The largest absolute Gasteiger partial charge is 0.481 e. The summed E-state index contributed by atoms with van der Waals surface area (Å²) in [5.41, 5.74) is -3.46. The lowest BCUT2D eigenvalue weighted by Crippen LogP contribution is -2.68. The van der Waals surface area contributed by atoms with Crippen LogP contribution < -0.4 is 0 Å². The lowest BCUT2D eigenvalue weighted by molar-refractivity contribution is -0.304. The van der Waals surface area contributed by atoms with Gasteiger partial charge in [0.1, 0.15) is 36.6 Å². The molecule has 17 nitrogen and oxygen atoms in total. The molecule has 5 aliphatic carbocycles. The molecule has 7 rings (SSSR count). The van der Waals surface area contributed by atoms with Gasteiger partial charge in [0.25, 0.3) is 0 Å². The van der Waals surface area contributed by atoms with Gasteiger partial charge in [-0.1, -0.05) is 53.2 Å². The predicted octanol–water partition coefficient (Wildman–Crippen LogP) is 1.70. The molecule has 8 N–H and O–H groups in total. The highest BCUT2D eigenvalue weighted by atomic mass is 32.3. The summed E-state index contributed by atoms with van der Waals surface area (Å²) in [6.07, 6.45) is -8.50. The second-order valence-corrected chi connectivity index (χ2v) is 21.1. The van der Waals surface area contributed by atoms with Gasteiger partial charge in [-0.25, -0.2) is 4.18 Å². The number of fused-ring (bicyclic) bond motifs is 7. The van der Waals surface area contributed by atoms with Gasteiger partial charge in [-0.05, 0) is 104 Å². The van der Waals surface area contributed by atoms with Crippen molar-refractivity contribution in [1.29, 1.82) is 0 Å². The molecule has 59 heavy (non-hydrogen) atoms. The molecule has 0 aromatic heterocycles. The number of rotatable bonds is 8. The van der Waals surface area contributed by atoms with Crippen LogP contribution in [0.3, 0.4) is 0 Å². The number of aliphatic carboxylic acids is 1. The minimum absolute atomic E-state index is 0.00232. The van der Waals surface area contributed by atoms with Crippen LogP contribution in [0.4, 0.5) is 0 Å². The Balaban J connectivity index is 1.20. The highest BCUT2D eigenvalue weighted by molar-refractivity contribution is 7.80. The van der Waals surface area contributed by atoms with Crippen molar-refractivity contribution in [3.05, 3.63) is 11.6 Å². The number of hydrogen-bond donors (Lipinski definition) is 8. The second kappa shape index (κ2) is 15.5. The third-order valence-corrected chi connectivity index (χ3v) is 17.6. The van der Waals surface area contributed by atoms with Crippen LogP contribution in [0.15, 0.2) is 11.6 Å². The minimum atomic E-state index is -5.04. The van der Waals surface area contributed by atoms with E-state index >= 15 is 0 Å². The van der Waals surface area contributed by atoms with Gasteiger partial charge in [-0.3, -0.25) is 14.1 Å². The standard InChI is InChI=1S/C41H64O17S/c1-19-9-14-40(36(50)57-33-31(47)30(46)29(45)23(17-42)55-33)15-16-41(35(48)49)21(27(40)20(19)2)7-8-25-38(5)12-11-26(37(3,4)24(38)10-13-39(25,41)6)56-34-32(58-59(51,52)53)28(44)22(43)18-54-34/h7,19-20,22-34,42-47H,8-18H2,1-6H3,(H,48,49)(H,51,52,53). The molecule has 2 saturated heterocycles. The first-order valence-corrected chi connectivity index (χ1v) is 22.5. The van der Waals surface area contributed by atoms with E-state index in [2.05, 4.69) is 47.6 Å². The molecule has 0 aromatic carbocycles. The van der Waals surface area contributed by atoms with E-state index in [0.717, 1.165) is 5.57 Å². The first-order valence-electron chi connectivity index (χ1n) is 21.2. The molecule has 2 heterocycles. The van der Waals surface area contributed by atoms with Crippen molar-refractivity contribution >= 4 is 22.3 Å². The van der Waals surface area contributed by atoms with Crippen LogP contribution in [0.25, 0.3) is 0 Å². The van der Waals surface area contributed by atoms with Gasteiger partial charge in [-0.15, -0.1) is 0 Å². The van der Waals surface area contributed by atoms with Crippen LogP contribution in [-0.2, 0) is 43.1 Å². The number of aliphatic hydroxyl groups excluding tert-OH is 6. The highest BCUT2D eigenvalue weighted by Crippen LogP contribution is 2.76. The molecular weight excluding hydrogens is 797 g/mol. The van der Waals surface area contributed by atoms with Crippen molar-refractivity contribution in [3.63, 3.8) is 0 Å². The van der Waals surface area contributed by atoms with Gasteiger partial charge in [0, 0.05) is 0 Å². The number of carbonyl (C=O) groups is 2. The molecule has 0 aromatic rings. The molecule has 18 heteroatoms. The van der Waals surface area contributed by atoms with Crippen LogP contribution >= 0.6 is 0 Å².